The number of nitrogens with one attached hydrogen (secondary N) is 1. The summed E-state index contributed by atoms with van der Waals surface area (Å²) in [6.45, 7) is 0.288. The summed E-state index contributed by atoms with van der Waals surface area (Å²) in [4.78, 5) is 24.1. The molecule has 1 fully saturated rings. The number of amides is 1. The second kappa shape index (κ2) is 9.13. The Bertz CT molecular complexity index is 1040. The summed E-state index contributed by atoms with van der Waals surface area (Å²) in [5.41, 5.74) is 0.451. The van der Waals surface area contributed by atoms with Crippen LogP contribution in [0.2, 0.25) is 10.0 Å². The molecule has 0 saturated carbocycles. The summed E-state index contributed by atoms with van der Waals surface area (Å²) in [5, 5.41) is 3.02. The molecule has 1 heterocycles. The van der Waals surface area contributed by atoms with Crippen LogP contribution in [-0.4, -0.2) is 44.3 Å². The first-order valence-electron chi connectivity index (χ1n) is 8.79. The standard InChI is InChI=1S/C19H18Cl2N2O5S/c20-14-4-3-5-15(11-14)22-18(24)12-28-19(25)13-6-7-16(21)17(10-13)29(26,27)23-8-1-2-9-23/h3-7,10-11H,1-2,8-9,12H2,(H,22,24). The summed E-state index contributed by atoms with van der Waals surface area (Å²) >= 11 is 11.9. The third-order valence-electron chi connectivity index (χ3n) is 4.29. The van der Waals surface area contributed by atoms with Crippen molar-refractivity contribution < 1.29 is 22.7 Å². The molecule has 1 aliphatic rings. The van der Waals surface area contributed by atoms with E-state index in [9.17, 15) is 18.0 Å². The Labute approximate surface area is 178 Å². The monoisotopic (exact) mass is 456 g/mol. The minimum Gasteiger partial charge on any atom is -0.452 e. The highest BCUT2D eigenvalue weighted by molar-refractivity contribution is 7.89. The smallest absolute Gasteiger partial charge is 0.338 e. The van der Waals surface area contributed by atoms with E-state index in [1.807, 2.05) is 0 Å². The molecule has 154 valence electrons. The molecule has 1 N–H and O–H groups in total. The normalized spacial score (nSPS) is 14.6. The first-order chi connectivity index (χ1) is 13.8. The summed E-state index contributed by atoms with van der Waals surface area (Å²) < 4.78 is 31.8. The van der Waals surface area contributed by atoms with Crippen LogP contribution in [0.15, 0.2) is 47.4 Å². The van der Waals surface area contributed by atoms with Crippen molar-refractivity contribution in [2.24, 2.45) is 0 Å². The molecule has 2 aromatic rings. The summed E-state index contributed by atoms with van der Waals surface area (Å²) in [6, 6.07) is 10.4. The lowest BCUT2D eigenvalue weighted by molar-refractivity contribution is -0.119. The molecule has 3 rings (SSSR count). The highest BCUT2D eigenvalue weighted by Gasteiger charge is 2.30. The molecule has 7 nitrogen and oxygen atoms in total. The number of esters is 1. The van der Waals surface area contributed by atoms with E-state index in [2.05, 4.69) is 5.32 Å². The average molecular weight is 457 g/mol. The minimum atomic E-state index is -3.80. The van der Waals surface area contributed by atoms with Gasteiger partial charge < -0.3 is 10.1 Å². The third-order valence-corrected chi connectivity index (χ3v) is 6.91. The fraction of sp³-hybridized carbons (Fsp3) is 0.263. The molecule has 10 heteroatoms. The van der Waals surface area contributed by atoms with Crippen LogP contribution in [0.1, 0.15) is 23.2 Å². The highest BCUT2D eigenvalue weighted by atomic mass is 35.5. The minimum absolute atomic E-state index is 0.0114. The van der Waals surface area contributed by atoms with Crippen LogP contribution >= 0.6 is 23.2 Å². The molecule has 2 aromatic carbocycles. The zero-order valence-corrected chi connectivity index (χ0v) is 17.6. The van der Waals surface area contributed by atoms with Crippen LogP contribution in [0.25, 0.3) is 0 Å². The summed E-state index contributed by atoms with van der Waals surface area (Å²) in [5.74, 6) is -1.39. The number of nitrogens with zero attached hydrogens (tertiary/aromatic N) is 1. The van der Waals surface area contributed by atoms with Gasteiger partial charge in [-0.05, 0) is 49.2 Å². The van der Waals surface area contributed by atoms with Gasteiger partial charge in [-0.25, -0.2) is 13.2 Å². The van der Waals surface area contributed by atoms with Gasteiger partial charge in [0.2, 0.25) is 10.0 Å². The number of hydrogen-bond donors (Lipinski definition) is 1. The Balaban J connectivity index is 1.67. The molecular weight excluding hydrogens is 439 g/mol. The Morgan fingerprint density at radius 2 is 1.79 bits per heavy atom. The van der Waals surface area contributed by atoms with E-state index in [4.69, 9.17) is 27.9 Å². The Morgan fingerprint density at radius 3 is 2.48 bits per heavy atom. The number of carbonyl (C=O) groups excluding carboxylic acids is 2. The molecule has 0 radical (unpaired) electrons. The van der Waals surface area contributed by atoms with Crippen LogP contribution < -0.4 is 5.32 Å². The summed E-state index contributed by atoms with van der Waals surface area (Å²) in [6.07, 6.45) is 1.56. The largest absolute Gasteiger partial charge is 0.452 e. The van der Waals surface area contributed by atoms with Gasteiger partial charge in [0.05, 0.1) is 10.6 Å². The van der Waals surface area contributed by atoms with E-state index in [1.165, 1.54) is 22.5 Å². The number of carbonyl (C=O) groups is 2. The van der Waals surface area contributed by atoms with Gasteiger partial charge in [-0.1, -0.05) is 29.3 Å². The fourth-order valence-corrected chi connectivity index (χ4v) is 5.08. The molecule has 1 saturated heterocycles. The van der Waals surface area contributed by atoms with Crippen molar-refractivity contribution in [1.82, 2.24) is 4.31 Å². The van der Waals surface area contributed by atoms with Crippen molar-refractivity contribution in [2.75, 3.05) is 25.0 Å². The Kier molecular flexibility index (Phi) is 6.79. The molecule has 0 atom stereocenters. The number of anilines is 1. The predicted octanol–water partition coefficient (Wildman–Crippen LogP) is 3.57. The number of benzene rings is 2. The van der Waals surface area contributed by atoms with Crippen molar-refractivity contribution in [3.63, 3.8) is 0 Å². The lowest BCUT2D eigenvalue weighted by Gasteiger charge is -2.17. The van der Waals surface area contributed by atoms with Gasteiger partial charge in [0.1, 0.15) is 4.90 Å². The fourth-order valence-electron chi connectivity index (χ4n) is 2.87. The quantitative estimate of drug-likeness (QED) is 0.670. The lowest BCUT2D eigenvalue weighted by Crippen LogP contribution is -2.28. The van der Waals surface area contributed by atoms with Crippen molar-refractivity contribution in [1.29, 1.82) is 0 Å². The van der Waals surface area contributed by atoms with E-state index in [-0.39, 0.29) is 15.5 Å². The SMILES string of the molecule is O=C(COC(=O)c1ccc(Cl)c(S(=O)(=O)N2CCCC2)c1)Nc1cccc(Cl)c1. The molecule has 29 heavy (non-hydrogen) atoms. The number of rotatable bonds is 6. The molecule has 0 aromatic heterocycles. The van der Waals surface area contributed by atoms with Gasteiger partial charge in [0.15, 0.2) is 6.61 Å². The van der Waals surface area contributed by atoms with E-state index in [1.54, 1.807) is 24.3 Å². The number of halogens is 2. The van der Waals surface area contributed by atoms with Gasteiger partial charge in [-0.15, -0.1) is 0 Å². The van der Waals surface area contributed by atoms with Crippen LogP contribution in [0.3, 0.4) is 0 Å². The maximum absolute atomic E-state index is 12.7. The molecule has 1 aliphatic heterocycles. The Morgan fingerprint density at radius 1 is 1.07 bits per heavy atom. The van der Waals surface area contributed by atoms with Crippen LogP contribution in [-0.2, 0) is 19.6 Å². The maximum Gasteiger partial charge on any atom is 0.338 e. The number of hydrogen-bond acceptors (Lipinski definition) is 5. The summed E-state index contributed by atoms with van der Waals surface area (Å²) in [7, 11) is -3.80. The van der Waals surface area contributed by atoms with Crippen LogP contribution in [0.5, 0.6) is 0 Å². The first kappa shape index (κ1) is 21.6. The topological polar surface area (TPSA) is 92.8 Å². The van der Waals surface area contributed by atoms with E-state index in [0.717, 1.165) is 12.8 Å². The second-order valence-corrected chi connectivity index (χ2v) is 9.14. The zero-order valence-electron chi connectivity index (χ0n) is 15.2. The van der Waals surface area contributed by atoms with Gasteiger partial charge >= 0.3 is 5.97 Å². The van der Waals surface area contributed by atoms with E-state index < -0.39 is 28.5 Å². The van der Waals surface area contributed by atoms with Crippen LogP contribution in [0, 0.1) is 0 Å². The van der Waals surface area contributed by atoms with Crippen molar-refractivity contribution in [3.05, 3.63) is 58.1 Å². The van der Waals surface area contributed by atoms with Crippen molar-refractivity contribution >= 4 is 50.8 Å². The average Bonchev–Trinajstić information content (AvgIpc) is 3.22. The van der Waals surface area contributed by atoms with E-state index in [0.29, 0.717) is 23.8 Å². The third kappa shape index (κ3) is 5.27. The molecule has 0 spiro atoms. The first-order valence-corrected chi connectivity index (χ1v) is 11.0. The van der Waals surface area contributed by atoms with E-state index >= 15 is 0 Å². The maximum atomic E-state index is 12.7. The van der Waals surface area contributed by atoms with Crippen molar-refractivity contribution in [3.8, 4) is 0 Å². The molecular formula is C19H18Cl2N2O5S. The molecule has 0 unspecified atom stereocenters. The van der Waals surface area contributed by atoms with Gasteiger partial charge in [0.25, 0.3) is 5.91 Å². The predicted molar refractivity (Wildman–Crippen MR) is 110 cm³/mol. The molecule has 1 amide bonds. The van der Waals surface area contributed by atoms with Gasteiger partial charge in [0, 0.05) is 23.8 Å². The number of ether oxygens (including phenoxy) is 1. The molecule has 0 bridgehead atoms. The highest BCUT2D eigenvalue weighted by Crippen LogP contribution is 2.28. The van der Waals surface area contributed by atoms with Crippen LogP contribution in [0.4, 0.5) is 5.69 Å². The van der Waals surface area contributed by atoms with Gasteiger partial charge in [-0.3, -0.25) is 4.79 Å². The van der Waals surface area contributed by atoms with Crippen molar-refractivity contribution in [2.45, 2.75) is 17.7 Å². The zero-order chi connectivity index (χ0) is 21.0. The second-order valence-electron chi connectivity index (χ2n) is 6.39. The number of sulfonamides is 1. The lowest BCUT2D eigenvalue weighted by atomic mass is 10.2. The Hall–Kier alpha value is -2.13. The molecule has 0 aliphatic carbocycles. The van der Waals surface area contributed by atoms with Gasteiger partial charge in [-0.2, -0.15) is 4.31 Å².